The van der Waals surface area contributed by atoms with Crippen LogP contribution in [0, 0.1) is 5.92 Å². The summed E-state index contributed by atoms with van der Waals surface area (Å²) in [6.07, 6.45) is 9.84. The van der Waals surface area contributed by atoms with Crippen LogP contribution in [-0.4, -0.2) is 40.3 Å². The standard InChI is InChI=1S/C26H28N2O5S/c29-15-20-14-27-19(13-28-20)12-25(31)23(10-16-1-5-21(30)9-16)18-4-8-26(24(11-18)17-2-3-17)34(32,33)22-6-7-22/h4,8,10-11,13-14,16-17,22,29H,1-3,5-7,9,12,15H2/b23-10+. The Morgan fingerprint density at radius 1 is 1.06 bits per heavy atom. The summed E-state index contributed by atoms with van der Waals surface area (Å²) < 4.78 is 26.0. The van der Waals surface area contributed by atoms with Crippen LogP contribution in [0.4, 0.5) is 0 Å². The second-order valence-electron chi connectivity index (χ2n) is 9.65. The predicted octanol–water partition coefficient (Wildman–Crippen LogP) is 3.35. The van der Waals surface area contributed by atoms with Gasteiger partial charge in [0, 0.05) is 24.6 Å². The number of aromatic nitrogens is 2. The minimum absolute atomic E-state index is 0.00597. The molecule has 3 saturated carbocycles. The van der Waals surface area contributed by atoms with Crippen LogP contribution in [0.1, 0.15) is 73.4 Å². The largest absolute Gasteiger partial charge is 0.390 e. The van der Waals surface area contributed by atoms with Crippen LogP contribution in [0.2, 0.25) is 0 Å². The minimum Gasteiger partial charge on any atom is -0.390 e. The molecule has 0 aliphatic heterocycles. The molecule has 3 aliphatic rings. The molecule has 1 aromatic carbocycles. The summed E-state index contributed by atoms with van der Waals surface area (Å²) in [5.41, 5.74) is 2.94. The van der Waals surface area contributed by atoms with Gasteiger partial charge in [-0.05, 0) is 67.2 Å². The zero-order valence-corrected chi connectivity index (χ0v) is 19.8. The molecule has 2 aromatic rings. The van der Waals surface area contributed by atoms with Gasteiger partial charge in [-0.3, -0.25) is 19.6 Å². The molecule has 5 rings (SSSR count). The highest BCUT2D eigenvalue weighted by Crippen LogP contribution is 2.46. The van der Waals surface area contributed by atoms with Gasteiger partial charge < -0.3 is 5.11 Å². The second kappa shape index (κ2) is 9.15. The van der Waals surface area contributed by atoms with E-state index in [1.807, 2.05) is 12.1 Å². The maximum atomic E-state index is 13.4. The third-order valence-corrected chi connectivity index (χ3v) is 9.19. The highest BCUT2D eigenvalue weighted by atomic mass is 32.2. The molecule has 178 valence electrons. The molecule has 0 saturated heterocycles. The molecule has 3 aliphatic carbocycles. The monoisotopic (exact) mass is 480 g/mol. The van der Waals surface area contributed by atoms with Gasteiger partial charge in [-0.25, -0.2) is 8.42 Å². The Hall–Kier alpha value is -2.71. The fourth-order valence-corrected chi connectivity index (χ4v) is 6.56. The lowest BCUT2D eigenvalue weighted by molar-refractivity contribution is -0.117. The quantitative estimate of drug-likeness (QED) is 0.548. The number of rotatable bonds is 9. The van der Waals surface area contributed by atoms with Gasteiger partial charge in [-0.1, -0.05) is 12.1 Å². The van der Waals surface area contributed by atoms with Crippen molar-refractivity contribution >= 4 is 27.0 Å². The van der Waals surface area contributed by atoms with Crippen LogP contribution in [0.15, 0.2) is 41.6 Å². The zero-order chi connectivity index (χ0) is 23.9. The van der Waals surface area contributed by atoms with E-state index in [0.717, 1.165) is 18.4 Å². The highest BCUT2D eigenvalue weighted by Gasteiger charge is 2.40. The number of hydrogen-bond acceptors (Lipinski definition) is 7. The van der Waals surface area contributed by atoms with Gasteiger partial charge >= 0.3 is 0 Å². The Balaban J connectivity index is 1.50. The summed E-state index contributed by atoms with van der Waals surface area (Å²) in [5.74, 6) is 0.256. The molecule has 1 aromatic heterocycles. The van der Waals surface area contributed by atoms with E-state index in [9.17, 15) is 23.1 Å². The van der Waals surface area contributed by atoms with Crippen molar-refractivity contribution in [1.29, 1.82) is 0 Å². The molecule has 0 radical (unpaired) electrons. The molecule has 1 unspecified atom stereocenters. The molecule has 0 amide bonds. The van der Waals surface area contributed by atoms with Crippen LogP contribution >= 0.6 is 0 Å². The Labute approximate surface area is 199 Å². The van der Waals surface area contributed by atoms with Gasteiger partial charge in [0.1, 0.15) is 5.78 Å². The van der Waals surface area contributed by atoms with Gasteiger partial charge in [-0.15, -0.1) is 0 Å². The summed E-state index contributed by atoms with van der Waals surface area (Å²) in [7, 11) is -3.34. The molecule has 34 heavy (non-hydrogen) atoms. The first kappa shape index (κ1) is 23.1. The molecule has 3 fully saturated rings. The molecular formula is C26H28N2O5S. The first-order chi connectivity index (χ1) is 16.3. The number of benzene rings is 1. The van der Waals surface area contributed by atoms with E-state index in [4.69, 9.17) is 0 Å². The summed E-state index contributed by atoms with van der Waals surface area (Å²) in [5, 5.41) is 8.89. The number of aliphatic hydroxyl groups is 1. The number of nitrogens with zero attached hydrogens (tertiary/aromatic N) is 2. The lowest BCUT2D eigenvalue weighted by Gasteiger charge is -2.15. The predicted molar refractivity (Wildman–Crippen MR) is 126 cm³/mol. The maximum Gasteiger partial charge on any atom is 0.181 e. The van der Waals surface area contributed by atoms with Gasteiger partial charge in [0.15, 0.2) is 15.6 Å². The van der Waals surface area contributed by atoms with E-state index in [2.05, 4.69) is 9.97 Å². The summed E-state index contributed by atoms with van der Waals surface area (Å²) in [6.45, 7) is -0.220. The summed E-state index contributed by atoms with van der Waals surface area (Å²) in [6, 6.07) is 5.30. The van der Waals surface area contributed by atoms with Gasteiger partial charge in [0.2, 0.25) is 0 Å². The van der Waals surface area contributed by atoms with Crippen LogP contribution in [0.3, 0.4) is 0 Å². The highest BCUT2D eigenvalue weighted by molar-refractivity contribution is 7.92. The lowest BCUT2D eigenvalue weighted by atomic mass is 9.92. The fourth-order valence-electron chi connectivity index (χ4n) is 4.63. The number of carbonyl (C=O) groups is 2. The van der Waals surface area contributed by atoms with E-state index in [0.29, 0.717) is 59.5 Å². The maximum absolute atomic E-state index is 13.4. The Morgan fingerprint density at radius 2 is 1.79 bits per heavy atom. The second-order valence-corrected chi connectivity index (χ2v) is 11.8. The minimum atomic E-state index is -3.34. The average molecular weight is 481 g/mol. The van der Waals surface area contributed by atoms with Crippen LogP contribution < -0.4 is 0 Å². The topological polar surface area (TPSA) is 114 Å². The molecule has 1 heterocycles. The van der Waals surface area contributed by atoms with Crippen molar-refractivity contribution in [2.75, 3.05) is 0 Å². The fraction of sp³-hybridized carbons (Fsp3) is 0.462. The zero-order valence-electron chi connectivity index (χ0n) is 18.9. The number of carbonyl (C=O) groups excluding carboxylic acids is 2. The third-order valence-electron chi connectivity index (χ3n) is 6.86. The average Bonchev–Trinajstić information content (AvgIpc) is 3.75. The van der Waals surface area contributed by atoms with E-state index < -0.39 is 9.84 Å². The summed E-state index contributed by atoms with van der Waals surface area (Å²) >= 11 is 0. The van der Waals surface area contributed by atoms with Crippen molar-refractivity contribution in [3.8, 4) is 0 Å². The van der Waals surface area contributed by atoms with E-state index in [1.165, 1.54) is 12.4 Å². The Kier molecular flexibility index (Phi) is 6.20. The van der Waals surface area contributed by atoms with E-state index >= 15 is 0 Å². The van der Waals surface area contributed by atoms with Gasteiger partial charge in [0.05, 0.1) is 40.8 Å². The number of allylic oxidation sites excluding steroid dienone is 2. The van der Waals surface area contributed by atoms with Crippen molar-refractivity contribution in [2.24, 2.45) is 5.92 Å². The molecule has 0 spiro atoms. The van der Waals surface area contributed by atoms with Crippen LogP contribution in [0.5, 0.6) is 0 Å². The van der Waals surface area contributed by atoms with Gasteiger partial charge in [-0.2, -0.15) is 0 Å². The van der Waals surface area contributed by atoms with Crippen molar-refractivity contribution in [3.05, 3.63) is 59.2 Å². The SMILES string of the molecule is O=C1CCC(/C=C(/C(=O)Cc2cnc(CO)cn2)c2ccc(S(=O)(=O)C3CC3)c(C3CC3)c2)C1. The number of sulfone groups is 1. The smallest absolute Gasteiger partial charge is 0.181 e. The van der Waals surface area contributed by atoms with Crippen molar-refractivity contribution in [2.45, 2.75) is 74.0 Å². The molecule has 1 N–H and O–H groups in total. The van der Waals surface area contributed by atoms with Crippen molar-refractivity contribution in [1.82, 2.24) is 9.97 Å². The first-order valence-corrected chi connectivity index (χ1v) is 13.5. The Morgan fingerprint density at radius 3 is 2.38 bits per heavy atom. The Bertz CT molecular complexity index is 1260. The molecule has 0 bridgehead atoms. The molecular weight excluding hydrogens is 452 g/mol. The summed E-state index contributed by atoms with van der Waals surface area (Å²) in [4.78, 5) is 34.0. The third kappa shape index (κ3) is 4.88. The molecule has 1 atom stereocenters. The number of ketones is 2. The van der Waals surface area contributed by atoms with E-state index in [-0.39, 0.29) is 41.7 Å². The van der Waals surface area contributed by atoms with Crippen molar-refractivity contribution in [3.63, 3.8) is 0 Å². The number of Topliss-reactive ketones (excluding diaryl/α,β-unsaturated/α-hetero) is 2. The normalized spacial score (nSPS) is 21.1. The van der Waals surface area contributed by atoms with E-state index in [1.54, 1.807) is 12.1 Å². The van der Waals surface area contributed by atoms with Crippen LogP contribution in [0.25, 0.3) is 5.57 Å². The first-order valence-electron chi connectivity index (χ1n) is 11.9. The number of hydrogen-bond donors (Lipinski definition) is 1. The van der Waals surface area contributed by atoms with Crippen molar-refractivity contribution < 1.29 is 23.1 Å². The molecule has 7 nitrogen and oxygen atoms in total. The number of aliphatic hydroxyl groups excluding tert-OH is 1. The van der Waals surface area contributed by atoms with Crippen LogP contribution in [-0.2, 0) is 32.5 Å². The van der Waals surface area contributed by atoms with Gasteiger partial charge in [0.25, 0.3) is 0 Å². The molecule has 8 heteroatoms. The lowest BCUT2D eigenvalue weighted by Crippen LogP contribution is -2.12.